The average molecular weight is 407 g/mol. The molecule has 1 aliphatic heterocycles. The number of aromatic nitrogens is 1. The summed E-state index contributed by atoms with van der Waals surface area (Å²) < 4.78 is 42.8. The Labute approximate surface area is 165 Å². The predicted molar refractivity (Wildman–Crippen MR) is 104 cm³/mol. The largest absolute Gasteiger partial charge is 0.379 e. The number of ketones is 1. The molecule has 0 radical (unpaired) electrons. The molecule has 0 fully saturated rings. The number of halogens is 3. The Morgan fingerprint density at radius 2 is 2.04 bits per heavy atom. The number of Topliss-reactive ketones (excluding diaryl/α,β-unsaturated/α-hetero) is 1. The fourth-order valence-electron chi connectivity index (χ4n) is 3.28. The van der Waals surface area contributed by atoms with E-state index in [0.717, 1.165) is 24.0 Å². The molecule has 0 bridgehead atoms. The van der Waals surface area contributed by atoms with Crippen LogP contribution in [0, 0.1) is 11.6 Å². The zero-order chi connectivity index (χ0) is 20.5. The number of aliphatic imine (C=N–C) groups is 1. The van der Waals surface area contributed by atoms with Gasteiger partial charge in [-0.2, -0.15) is 0 Å². The zero-order valence-corrected chi connectivity index (χ0v) is 16.3. The minimum Gasteiger partial charge on any atom is -0.379 e. The van der Waals surface area contributed by atoms with Crippen LogP contribution in [0.2, 0.25) is 0 Å². The molecule has 1 aliphatic rings. The molecule has 3 rings (SSSR count). The first-order chi connectivity index (χ1) is 13.2. The third-order valence-electron chi connectivity index (χ3n) is 4.83. The first kappa shape index (κ1) is 20.4. The van der Waals surface area contributed by atoms with Gasteiger partial charge < -0.3 is 5.73 Å². The molecular formula is C20H20F3N3OS. The number of hydrogen-bond donors (Lipinski definition) is 1. The van der Waals surface area contributed by atoms with Gasteiger partial charge in [-0.05, 0) is 43.2 Å². The number of carbonyl (C=O) groups excluding carboxylic acids is 1. The maximum Gasteiger partial charge on any atom is 0.185 e. The van der Waals surface area contributed by atoms with Crippen LogP contribution >= 0.6 is 11.8 Å². The van der Waals surface area contributed by atoms with Crippen LogP contribution in [0.15, 0.2) is 41.5 Å². The Morgan fingerprint density at radius 3 is 2.68 bits per heavy atom. The van der Waals surface area contributed by atoms with Crippen LogP contribution in [0.3, 0.4) is 0 Å². The van der Waals surface area contributed by atoms with Gasteiger partial charge in [0.25, 0.3) is 0 Å². The van der Waals surface area contributed by atoms with Crippen molar-refractivity contribution in [1.29, 1.82) is 0 Å². The van der Waals surface area contributed by atoms with Gasteiger partial charge in [-0.1, -0.05) is 24.8 Å². The molecule has 28 heavy (non-hydrogen) atoms. The monoisotopic (exact) mass is 407 g/mol. The number of hydrogen-bond acceptors (Lipinski definition) is 5. The lowest BCUT2D eigenvalue weighted by atomic mass is 9.83. The van der Waals surface area contributed by atoms with E-state index in [1.165, 1.54) is 31.2 Å². The molecule has 0 spiro atoms. The highest BCUT2D eigenvalue weighted by molar-refractivity contribution is 8.14. The van der Waals surface area contributed by atoms with Crippen LogP contribution < -0.4 is 5.73 Å². The van der Waals surface area contributed by atoms with Crippen LogP contribution in [0.4, 0.5) is 13.2 Å². The van der Waals surface area contributed by atoms with E-state index in [0.29, 0.717) is 12.0 Å². The summed E-state index contributed by atoms with van der Waals surface area (Å²) in [5.41, 5.74) is 5.03. The highest BCUT2D eigenvalue weighted by atomic mass is 32.2. The van der Waals surface area contributed by atoms with Gasteiger partial charge in [0.15, 0.2) is 11.0 Å². The van der Waals surface area contributed by atoms with E-state index in [-0.39, 0.29) is 28.6 Å². The summed E-state index contributed by atoms with van der Waals surface area (Å²) in [6.07, 6.45) is -0.0354. The molecule has 1 aromatic carbocycles. The summed E-state index contributed by atoms with van der Waals surface area (Å²) in [5.74, 6) is -1.51. The number of carbonyl (C=O) groups is 1. The minimum absolute atomic E-state index is 0.0547. The smallest absolute Gasteiger partial charge is 0.185 e. The van der Waals surface area contributed by atoms with E-state index in [2.05, 4.69) is 9.98 Å². The number of amidine groups is 1. The maximum atomic E-state index is 15.2. The van der Waals surface area contributed by atoms with Gasteiger partial charge in [-0.25, -0.2) is 18.2 Å². The molecule has 4 nitrogen and oxygen atoms in total. The van der Waals surface area contributed by atoms with Crippen molar-refractivity contribution < 1.29 is 18.0 Å². The first-order valence-electron chi connectivity index (χ1n) is 8.84. The topological polar surface area (TPSA) is 68.3 Å². The second-order valence-corrected chi connectivity index (χ2v) is 8.10. The van der Waals surface area contributed by atoms with Crippen molar-refractivity contribution in [2.45, 2.75) is 43.6 Å². The molecule has 0 aliphatic carbocycles. The Balaban J connectivity index is 1.94. The fraction of sp³-hybridized carbons (Fsp3) is 0.350. The Morgan fingerprint density at radius 1 is 1.29 bits per heavy atom. The van der Waals surface area contributed by atoms with Crippen LogP contribution in [-0.4, -0.2) is 27.4 Å². The lowest BCUT2D eigenvalue weighted by Crippen LogP contribution is -2.45. The molecule has 8 heteroatoms. The molecular weight excluding hydrogens is 387 g/mol. The van der Waals surface area contributed by atoms with Crippen LogP contribution in [0.1, 0.15) is 41.9 Å². The average Bonchev–Trinajstić information content (AvgIpc) is 2.66. The lowest BCUT2D eigenvalue weighted by molar-refractivity contribution is 0.0988. The standard InChI is InChI=1S/C20H20F3N3OS/c1-3-17-18(23)20(2,26-19(24)28-17)13-8-11(4-6-14(13)22)9-16(27)15-7-5-12(21)10-25-15/h4-8,10,17-18H,3,9H2,1-2H3,(H2,24,26)/t17-,18+,20-/m1/s1. The molecule has 0 saturated carbocycles. The zero-order valence-electron chi connectivity index (χ0n) is 15.5. The van der Waals surface area contributed by atoms with Crippen molar-refractivity contribution in [3.63, 3.8) is 0 Å². The molecule has 2 aromatic rings. The van der Waals surface area contributed by atoms with Gasteiger partial charge in [0.05, 0.1) is 6.20 Å². The third kappa shape index (κ3) is 3.92. The van der Waals surface area contributed by atoms with Gasteiger partial charge in [-0.15, -0.1) is 0 Å². The highest BCUT2D eigenvalue weighted by Gasteiger charge is 2.46. The second kappa shape index (κ2) is 7.95. The summed E-state index contributed by atoms with van der Waals surface area (Å²) in [6.45, 7) is 3.35. The number of thioether (sulfide) groups is 1. The van der Waals surface area contributed by atoms with Gasteiger partial charge in [0, 0.05) is 17.2 Å². The van der Waals surface area contributed by atoms with Crippen molar-refractivity contribution in [1.82, 2.24) is 4.98 Å². The van der Waals surface area contributed by atoms with Crippen molar-refractivity contribution >= 4 is 22.7 Å². The molecule has 0 saturated heterocycles. The first-order valence-corrected chi connectivity index (χ1v) is 9.72. The summed E-state index contributed by atoms with van der Waals surface area (Å²) in [5, 5.41) is -0.227. The van der Waals surface area contributed by atoms with E-state index < -0.39 is 28.6 Å². The van der Waals surface area contributed by atoms with Crippen molar-refractivity contribution in [3.05, 3.63) is 65.0 Å². The Bertz CT molecular complexity index is 919. The van der Waals surface area contributed by atoms with E-state index in [4.69, 9.17) is 5.73 Å². The van der Waals surface area contributed by atoms with Crippen molar-refractivity contribution in [2.75, 3.05) is 0 Å². The molecule has 1 aromatic heterocycles. The van der Waals surface area contributed by atoms with Crippen LogP contribution in [0.5, 0.6) is 0 Å². The number of nitrogens with two attached hydrogens (primary N) is 1. The molecule has 2 heterocycles. The Kier molecular flexibility index (Phi) is 5.79. The number of pyridine rings is 1. The third-order valence-corrected chi connectivity index (χ3v) is 6.04. The van der Waals surface area contributed by atoms with Gasteiger partial charge >= 0.3 is 0 Å². The summed E-state index contributed by atoms with van der Waals surface area (Å²) in [4.78, 5) is 20.4. The summed E-state index contributed by atoms with van der Waals surface area (Å²) in [6, 6.07) is 6.54. The second-order valence-electron chi connectivity index (χ2n) is 6.84. The van der Waals surface area contributed by atoms with E-state index in [1.54, 1.807) is 0 Å². The minimum atomic E-state index is -1.48. The Hall–Kier alpha value is -2.35. The van der Waals surface area contributed by atoms with Crippen molar-refractivity contribution in [3.8, 4) is 0 Å². The highest BCUT2D eigenvalue weighted by Crippen LogP contribution is 2.43. The normalized spacial score (nSPS) is 24.7. The number of benzene rings is 1. The number of alkyl halides is 1. The summed E-state index contributed by atoms with van der Waals surface area (Å²) in [7, 11) is 0. The molecule has 148 valence electrons. The van der Waals surface area contributed by atoms with E-state index in [1.807, 2.05) is 6.92 Å². The molecule has 0 unspecified atom stereocenters. The quantitative estimate of drug-likeness (QED) is 0.755. The van der Waals surface area contributed by atoms with Crippen molar-refractivity contribution in [2.24, 2.45) is 10.7 Å². The predicted octanol–water partition coefficient (Wildman–Crippen LogP) is 4.18. The van der Waals surface area contributed by atoms with Gasteiger partial charge in [-0.3, -0.25) is 9.78 Å². The van der Waals surface area contributed by atoms with E-state index >= 15 is 4.39 Å². The maximum absolute atomic E-state index is 15.2. The van der Waals surface area contributed by atoms with Crippen LogP contribution in [-0.2, 0) is 12.0 Å². The molecule has 0 amide bonds. The van der Waals surface area contributed by atoms with Crippen LogP contribution in [0.25, 0.3) is 0 Å². The summed E-state index contributed by atoms with van der Waals surface area (Å²) >= 11 is 1.15. The van der Waals surface area contributed by atoms with Gasteiger partial charge in [0.1, 0.15) is 29.0 Å². The SMILES string of the molecule is CC[C@H]1SC(N)=N[C@](C)(c2cc(CC(=O)c3ccc(F)cn3)ccc2F)[C@H]1F. The fourth-order valence-corrected chi connectivity index (χ4v) is 4.38. The number of rotatable bonds is 5. The molecule has 2 N–H and O–H groups in total. The molecule has 3 atom stereocenters. The number of nitrogens with zero attached hydrogens (tertiary/aromatic N) is 2. The van der Waals surface area contributed by atoms with E-state index in [9.17, 15) is 13.6 Å². The van der Waals surface area contributed by atoms with Gasteiger partial charge in [0.2, 0.25) is 0 Å². The lowest BCUT2D eigenvalue weighted by Gasteiger charge is -2.38.